The molecule has 6 nitrogen and oxygen atoms in total. The maximum atomic E-state index is 8.76. The van der Waals surface area contributed by atoms with Gasteiger partial charge >= 0.3 is 0 Å². The first kappa shape index (κ1) is 14.4. The predicted octanol–water partition coefficient (Wildman–Crippen LogP) is 0.0919. The van der Waals surface area contributed by atoms with E-state index < -0.39 is 0 Å². The van der Waals surface area contributed by atoms with E-state index >= 15 is 0 Å². The molecule has 1 aromatic rings. The molecule has 19 heavy (non-hydrogen) atoms. The van der Waals surface area contributed by atoms with Crippen molar-refractivity contribution in [3.8, 4) is 0 Å². The van der Waals surface area contributed by atoms with E-state index in [9.17, 15) is 0 Å². The summed E-state index contributed by atoms with van der Waals surface area (Å²) in [5, 5.41) is 20.4. The van der Waals surface area contributed by atoms with Crippen LogP contribution in [0, 0.1) is 5.92 Å². The molecule has 2 N–H and O–H groups in total. The fourth-order valence-electron chi connectivity index (χ4n) is 2.53. The van der Waals surface area contributed by atoms with E-state index in [0.29, 0.717) is 0 Å². The second kappa shape index (κ2) is 7.57. The number of likely N-dealkylation sites (tertiary alicyclic amines) is 1. The molecule has 0 aromatic carbocycles. The molecular weight excluding hydrogens is 242 g/mol. The maximum absolute atomic E-state index is 8.76. The zero-order valence-electron chi connectivity index (χ0n) is 11.8. The summed E-state index contributed by atoms with van der Waals surface area (Å²) in [6, 6.07) is 0. The largest absolute Gasteiger partial charge is 0.396 e. The summed E-state index contributed by atoms with van der Waals surface area (Å²) in [4.78, 5) is 2.50. The highest BCUT2D eigenvalue weighted by atomic mass is 16.3. The van der Waals surface area contributed by atoms with Crippen LogP contribution in [0.4, 0.5) is 0 Å². The summed E-state index contributed by atoms with van der Waals surface area (Å²) in [5.74, 6) is 0.768. The van der Waals surface area contributed by atoms with E-state index in [1.807, 2.05) is 6.20 Å². The molecule has 2 heterocycles. The van der Waals surface area contributed by atoms with Crippen LogP contribution in [0.5, 0.6) is 0 Å². The fraction of sp³-hybridized carbons (Fsp3) is 0.846. The van der Waals surface area contributed by atoms with Crippen molar-refractivity contribution in [2.24, 2.45) is 5.92 Å². The number of nitrogens with zero attached hydrogens (tertiary/aromatic N) is 4. The minimum atomic E-state index is 0.197. The molecule has 6 heteroatoms. The number of aliphatic hydroxyl groups excluding tert-OH is 1. The molecule has 1 saturated heterocycles. The highest BCUT2D eigenvalue weighted by Crippen LogP contribution is 2.14. The summed E-state index contributed by atoms with van der Waals surface area (Å²) in [5.41, 5.74) is 0.975. The van der Waals surface area contributed by atoms with Gasteiger partial charge in [-0.1, -0.05) is 12.1 Å². The van der Waals surface area contributed by atoms with Gasteiger partial charge in [-0.25, -0.2) is 0 Å². The molecule has 1 aliphatic rings. The number of hydrogen-bond donors (Lipinski definition) is 2. The minimum absolute atomic E-state index is 0.197. The number of aromatic nitrogens is 3. The molecule has 1 aliphatic heterocycles. The maximum Gasteiger partial charge on any atom is 0.0964 e. The number of nitrogens with one attached hydrogen (secondary N) is 1. The molecule has 2 rings (SSSR count). The van der Waals surface area contributed by atoms with Crippen molar-refractivity contribution < 1.29 is 5.11 Å². The average molecular weight is 267 g/mol. The molecule has 0 amide bonds. The van der Waals surface area contributed by atoms with E-state index in [1.165, 1.54) is 19.5 Å². The summed E-state index contributed by atoms with van der Waals surface area (Å²) in [6.07, 6.45) is 3.98. The summed E-state index contributed by atoms with van der Waals surface area (Å²) >= 11 is 0. The third-order valence-corrected chi connectivity index (χ3v) is 3.69. The molecule has 1 fully saturated rings. The minimum Gasteiger partial charge on any atom is -0.396 e. The topological polar surface area (TPSA) is 66.2 Å². The van der Waals surface area contributed by atoms with E-state index in [0.717, 1.165) is 44.2 Å². The fourth-order valence-corrected chi connectivity index (χ4v) is 2.53. The molecule has 0 spiro atoms. The Morgan fingerprint density at radius 3 is 3.16 bits per heavy atom. The Kier molecular flexibility index (Phi) is 5.75. The molecule has 108 valence electrons. The number of rotatable bonds is 8. The van der Waals surface area contributed by atoms with Crippen molar-refractivity contribution in [3.63, 3.8) is 0 Å². The van der Waals surface area contributed by atoms with Crippen molar-refractivity contribution in [1.82, 2.24) is 25.2 Å². The van der Waals surface area contributed by atoms with E-state index in [4.69, 9.17) is 5.11 Å². The Morgan fingerprint density at radius 2 is 2.42 bits per heavy atom. The van der Waals surface area contributed by atoms with Crippen LogP contribution in [-0.4, -0.2) is 57.8 Å². The second-order valence-corrected chi connectivity index (χ2v) is 5.23. The third-order valence-electron chi connectivity index (χ3n) is 3.69. The first-order chi connectivity index (χ1) is 9.31. The Labute approximate surface area is 114 Å². The third kappa shape index (κ3) is 4.56. The quantitative estimate of drug-likeness (QED) is 0.699. The lowest BCUT2D eigenvalue weighted by atomic mass is 10.1. The molecule has 1 atom stereocenters. The van der Waals surface area contributed by atoms with Gasteiger partial charge in [-0.15, -0.1) is 5.10 Å². The zero-order valence-corrected chi connectivity index (χ0v) is 11.8. The van der Waals surface area contributed by atoms with Gasteiger partial charge in [0.25, 0.3) is 0 Å². The standard InChI is InChI=1S/C13H25N5O/c1-2-17-6-4-12(10-17)8-14-9-13-11-18(16-15-13)5-3-7-19/h11-12,14,19H,2-10H2,1H3. The van der Waals surface area contributed by atoms with Crippen LogP contribution in [-0.2, 0) is 13.1 Å². The van der Waals surface area contributed by atoms with E-state index in [1.54, 1.807) is 4.68 Å². The van der Waals surface area contributed by atoms with Gasteiger partial charge in [0.05, 0.1) is 5.69 Å². The molecular formula is C13H25N5O. The van der Waals surface area contributed by atoms with Gasteiger partial charge in [0.2, 0.25) is 0 Å². The van der Waals surface area contributed by atoms with Gasteiger partial charge in [0, 0.05) is 32.4 Å². The first-order valence-electron chi connectivity index (χ1n) is 7.24. The molecule has 1 unspecified atom stereocenters. The van der Waals surface area contributed by atoms with Crippen LogP contribution in [0.3, 0.4) is 0 Å². The van der Waals surface area contributed by atoms with Crippen LogP contribution in [0.2, 0.25) is 0 Å². The van der Waals surface area contributed by atoms with Crippen molar-refractivity contribution in [2.45, 2.75) is 32.9 Å². The molecule has 0 radical (unpaired) electrons. The van der Waals surface area contributed by atoms with Crippen molar-refractivity contribution in [2.75, 3.05) is 32.8 Å². The molecule has 0 aliphatic carbocycles. The highest BCUT2D eigenvalue weighted by Gasteiger charge is 2.20. The normalized spacial score (nSPS) is 20.2. The summed E-state index contributed by atoms with van der Waals surface area (Å²) in [6.45, 7) is 8.60. The smallest absolute Gasteiger partial charge is 0.0964 e. The Bertz CT molecular complexity index is 368. The lowest BCUT2D eigenvalue weighted by Gasteiger charge is -2.13. The molecule has 0 bridgehead atoms. The summed E-state index contributed by atoms with van der Waals surface area (Å²) < 4.78 is 1.79. The van der Waals surface area contributed by atoms with Gasteiger partial charge in [-0.05, 0) is 38.4 Å². The Morgan fingerprint density at radius 1 is 1.53 bits per heavy atom. The van der Waals surface area contributed by atoms with Gasteiger partial charge in [-0.2, -0.15) is 0 Å². The van der Waals surface area contributed by atoms with Crippen LogP contribution < -0.4 is 5.32 Å². The van der Waals surface area contributed by atoms with Crippen molar-refractivity contribution in [3.05, 3.63) is 11.9 Å². The first-order valence-corrected chi connectivity index (χ1v) is 7.24. The van der Waals surface area contributed by atoms with Gasteiger partial charge in [0.15, 0.2) is 0 Å². The predicted molar refractivity (Wildman–Crippen MR) is 73.7 cm³/mol. The lowest BCUT2D eigenvalue weighted by Crippen LogP contribution is -2.26. The summed E-state index contributed by atoms with van der Waals surface area (Å²) in [7, 11) is 0. The van der Waals surface area contributed by atoms with Crippen LogP contribution in [0.25, 0.3) is 0 Å². The van der Waals surface area contributed by atoms with Crippen LogP contribution in [0.1, 0.15) is 25.5 Å². The molecule has 0 saturated carbocycles. The van der Waals surface area contributed by atoms with Crippen molar-refractivity contribution >= 4 is 0 Å². The zero-order chi connectivity index (χ0) is 13.5. The highest BCUT2D eigenvalue weighted by molar-refractivity contribution is 4.91. The number of aryl methyl sites for hydroxylation is 1. The van der Waals surface area contributed by atoms with Crippen LogP contribution >= 0.6 is 0 Å². The molecule has 1 aromatic heterocycles. The monoisotopic (exact) mass is 267 g/mol. The van der Waals surface area contributed by atoms with E-state index in [2.05, 4.69) is 27.5 Å². The lowest BCUT2D eigenvalue weighted by molar-refractivity contribution is 0.276. The number of hydrogen-bond acceptors (Lipinski definition) is 5. The SMILES string of the molecule is CCN1CCC(CNCc2cn(CCCO)nn2)C1. The van der Waals surface area contributed by atoms with Gasteiger partial charge in [0.1, 0.15) is 0 Å². The number of aliphatic hydroxyl groups is 1. The van der Waals surface area contributed by atoms with Crippen molar-refractivity contribution in [1.29, 1.82) is 0 Å². The second-order valence-electron chi connectivity index (χ2n) is 5.23. The van der Waals surface area contributed by atoms with Crippen LogP contribution in [0.15, 0.2) is 6.20 Å². The van der Waals surface area contributed by atoms with E-state index in [-0.39, 0.29) is 6.61 Å². The Balaban J connectivity index is 1.64. The van der Waals surface area contributed by atoms with Gasteiger partial charge < -0.3 is 15.3 Å². The Hall–Kier alpha value is -0.980. The van der Waals surface area contributed by atoms with Gasteiger partial charge in [-0.3, -0.25) is 4.68 Å². The average Bonchev–Trinajstić information content (AvgIpc) is 3.05.